The molecule has 0 aromatic heterocycles. The molecule has 0 aliphatic rings. The number of hydrogen-bond acceptors (Lipinski definition) is 1. The molecule has 47 valence electrons. The predicted octanol–water partition coefficient (Wildman–Crippen LogP) is 0.670. The van der Waals surface area contributed by atoms with Crippen molar-refractivity contribution < 1.29 is 15.0 Å². The Balaban J connectivity index is 3.05. The molecule has 1 atom stereocenters. The first-order valence-corrected chi connectivity index (χ1v) is 2.50. The number of carboxylic acid groups (broad SMARTS) is 1. The molecule has 3 heteroatoms. The van der Waals surface area contributed by atoms with Gasteiger partial charge in [-0.15, -0.1) is 0 Å². The summed E-state index contributed by atoms with van der Waals surface area (Å²) in [6.07, 6.45) is -0.522. The Labute approximate surface area is 47.9 Å². The van der Waals surface area contributed by atoms with Crippen LogP contribution in [0.3, 0.4) is 0 Å². The van der Waals surface area contributed by atoms with E-state index in [0.29, 0.717) is 0 Å². The molecule has 0 aliphatic heterocycles. The van der Waals surface area contributed by atoms with Gasteiger partial charge in [-0.3, -0.25) is 4.79 Å². The Morgan fingerprint density at radius 3 is 2.38 bits per heavy atom. The van der Waals surface area contributed by atoms with E-state index in [-0.39, 0.29) is 12.8 Å². The second-order valence-electron chi connectivity index (χ2n) is 1.74. The van der Waals surface area contributed by atoms with Gasteiger partial charge in [-0.05, 0) is 13.3 Å². The van der Waals surface area contributed by atoms with Gasteiger partial charge in [0.2, 0.25) is 0 Å². The summed E-state index contributed by atoms with van der Waals surface area (Å²) in [6, 6.07) is 0. The van der Waals surface area contributed by atoms with Crippen molar-refractivity contribution in [2.45, 2.75) is 25.9 Å². The summed E-state index contributed by atoms with van der Waals surface area (Å²) in [5, 5.41) is 18.2. The smallest absolute Gasteiger partial charge is 0.303 e. The summed E-state index contributed by atoms with van der Waals surface area (Å²) in [5.74, 6) is -0.896. The fourth-order valence-electron chi connectivity index (χ4n) is 0.327. The van der Waals surface area contributed by atoms with Crippen molar-refractivity contribution in [3.8, 4) is 0 Å². The van der Waals surface area contributed by atoms with E-state index >= 15 is 0 Å². The first-order valence-electron chi connectivity index (χ1n) is 2.50. The molecule has 0 aromatic rings. The summed E-state index contributed by atoms with van der Waals surface area (Å²) in [4.78, 5) is 9.76. The zero-order chi connectivity index (χ0) is 6.57. The Hall–Kier alpha value is -0.570. The molecule has 0 saturated carbocycles. The summed E-state index contributed by atoms with van der Waals surface area (Å²) in [5.41, 5.74) is 0. The average molecular weight is 117 g/mol. The van der Waals surface area contributed by atoms with Gasteiger partial charge in [0.15, 0.2) is 0 Å². The summed E-state index contributed by atoms with van der Waals surface area (Å²) in [6.45, 7) is 1.46. The molecule has 0 heterocycles. The van der Waals surface area contributed by atoms with Crippen molar-refractivity contribution in [1.82, 2.24) is 0 Å². The quantitative estimate of drug-likeness (QED) is 0.590. The van der Waals surface area contributed by atoms with Gasteiger partial charge in [0.25, 0.3) is 0 Å². The summed E-state index contributed by atoms with van der Waals surface area (Å²) >= 11 is 0. The number of aliphatic carboxylic acids is 1. The van der Waals surface area contributed by atoms with Crippen molar-refractivity contribution in [1.29, 1.82) is 0 Å². The molecular weight excluding hydrogens is 108 g/mol. The van der Waals surface area contributed by atoms with E-state index in [1.807, 2.05) is 0 Å². The van der Waals surface area contributed by atoms with Crippen LogP contribution in [0.2, 0.25) is 0 Å². The molecule has 0 aliphatic carbocycles. The largest absolute Gasteiger partial charge is 0.481 e. The van der Waals surface area contributed by atoms with Gasteiger partial charge in [-0.2, -0.15) is 0 Å². The highest BCUT2D eigenvalue weighted by Crippen LogP contribution is 1.94. The van der Waals surface area contributed by atoms with E-state index in [2.05, 4.69) is 0 Å². The number of rotatable bonds is 3. The normalized spacial score (nSPS) is 13.2. The molecule has 0 amide bonds. The Bertz CT molecular complexity index is 77.7. The highest BCUT2D eigenvalue weighted by atomic mass is 16.4. The van der Waals surface area contributed by atoms with Crippen molar-refractivity contribution in [2.75, 3.05) is 0 Å². The third-order valence-corrected chi connectivity index (χ3v) is 0.765. The highest BCUT2D eigenvalue weighted by molar-refractivity contribution is 5.66. The van der Waals surface area contributed by atoms with Crippen molar-refractivity contribution in [2.24, 2.45) is 0 Å². The summed E-state index contributed by atoms with van der Waals surface area (Å²) in [7, 11) is 0. The van der Waals surface area contributed by atoms with Gasteiger partial charge in [-0.1, -0.05) is 0 Å². The van der Waals surface area contributed by atoms with E-state index in [1.54, 1.807) is 0 Å². The molecule has 0 saturated heterocycles. The number of carbonyl (C=O) groups is 1. The van der Waals surface area contributed by atoms with Crippen LogP contribution in [0.5, 0.6) is 0 Å². The molecule has 8 heavy (non-hydrogen) atoms. The van der Waals surface area contributed by atoms with Crippen LogP contribution >= 0.6 is 0 Å². The van der Waals surface area contributed by atoms with Crippen molar-refractivity contribution >= 4 is 5.97 Å². The molecular formula is C5H9O3. The fraction of sp³-hybridized carbons (Fsp3) is 0.800. The van der Waals surface area contributed by atoms with Gasteiger partial charge in [0.1, 0.15) is 0 Å². The van der Waals surface area contributed by atoms with Crippen molar-refractivity contribution in [3.05, 3.63) is 0 Å². The lowest BCUT2D eigenvalue weighted by molar-refractivity contribution is -0.137. The Morgan fingerprint density at radius 2 is 2.25 bits per heavy atom. The molecule has 1 unspecified atom stereocenters. The molecule has 0 fully saturated rings. The van der Waals surface area contributed by atoms with E-state index in [4.69, 9.17) is 5.11 Å². The van der Waals surface area contributed by atoms with Gasteiger partial charge in [-0.25, -0.2) is 5.11 Å². The summed E-state index contributed by atoms with van der Waals surface area (Å²) < 4.78 is 0. The maximum atomic E-state index is 10.2. The van der Waals surface area contributed by atoms with Gasteiger partial charge < -0.3 is 5.11 Å². The second-order valence-corrected chi connectivity index (χ2v) is 1.74. The Kier molecular flexibility index (Phi) is 3.19. The topological polar surface area (TPSA) is 57.2 Å². The maximum absolute atomic E-state index is 10.2. The zero-order valence-corrected chi connectivity index (χ0v) is 4.76. The van der Waals surface area contributed by atoms with Gasteiger partial charge >= 0.3 is 5.97 Å². The van der Waals surface area contributed by atoms with E-state index in [9.17, 15) is 9.90 Å². The van der Waals surface area contributed by atoms with Crippen LogP contribution in [0.25, 0.3) is 0 Å². The van der Waals surface area contributed by atoms with Crippen molar-refractivity contribution in [3.63, 3.8) is 0 Å². The molecule has 3 nitrogen and oxygen atoms in total. The first kappa shape index (κ1) is 7.43. The van der Waals surface area contributed by atoms with Crippen LogP contribution in [-0.4, -0.2) is 17.2 Å². The van der Waals surface area contributed by atoms with Crippen LogP contribution in [0.15, 0.2) is 0 Å². The van der Waals surface area contributed by atoms with E-state index in [1.165, 1.54) is 6.92 Å². The molecule has 0 rings (SSSR count). The standard InChI is InChI=1S/C5H9O3/c1-4(6)2-3-5(7)8/h4H,2-3H2,1H3,(H,7,8). The molecule has 0 spiro atoms. The predicted molar refractivity (Wildman–Crippen MR) is 27.0 cm³/mol. The van der Waals surface area contributed by atoms with Crippen LogP contribution in [0.4, 0.5) is 0 Å². The van der Waals surface area contributed by atoms with Crippen LogP contribution in [0.1, 0.15) is 19.8 Å². The zero-order valence-electron chi connectivity index (χ0n) is 4.76. The third-order valence-electron chi connectivity index (χ3n) is 0.765. The number of hydrogen-bond donors (Lipinski definition) is 1. The van der Waals surface area contributed by atoms with Crippen LogP contribution in [0, 0.1) is 0 Å². The highest BCUT2D eigenvalue weighted by Gasteiger charge is 2.00. The molecule has 1 radical (unpaired) electrons. The fourth-order valence-corrected chi connectivity index (χ4v) is 0.327. The Morgan fingerprint density at radius 1 is 1.75 bits per heavy atom. The minimum Gasteiger partial charge on any atom is -0.481 e. The molecule has 1 N–H and O–H groups in total. The first-order chi connectivity index (χ1) is 3.63. The minimum atomic E-state index is -0.896. The monoisotopic (exact) mass is 117 g/mol. The van der Waals surface area contributed by atoms with Gasteiger partial charge in [0.05, 0.1) is 6.10 Å². The number of carboxylic acids is 1. The SMILES string of the molecule is CC([O])CCC(=O)O. The van der Waals surface area contributed by atoms with E-state index < -0.39 is 12.1 Å². The maximum Gasteiger partial charge on any atom is 0.303 e. The lowest BCUT2D eigenvalue weighted by atomic mass is 10.2. The van der Waals surface area contributed by atoms with Crippen LogP contribution < -0.4 is 0 Å². The van der Waals surface area contributed by atoms with Crippen LogP contribution in [-0.2, 0) is 9.90 Å². The molecule has 0 bridgehead atoms. The third kappa shape index (κ3) is 5.43. The lowest BCUT2D eigenvalue weighted by Crippen LogP contribution is -2.02. The average Bonchev–Trinajstić information content (AvgIpc) is 1.61. The van der Waals surface area contributed by atoms with E-state index in [0.717, 1.165) is 0 Å². The lowest BCUT2D eigenvalue weighted by Gasteiger charge is -1.94. The minimum absolute atomic E-state index is 0.00926. The second kappa shape index (κ2) is 3.43. The molecule has 0 aromatic carbocycles. The van der Waals surface area contributed by atoms with Gasteiger partial charge in [0, 0.05) is 6.42 Å².